The van der Waals surface area contributed by atoms with Crippen molar-refractivity contribution >= 4 is 40.2 Å². The topological polar surface area (TPSA) is 135 Å². The molecule has 11 nitrogen and oxygen atoms in total. The third-order valence-corrected chi connectivity index (χ3v) is 8.51. The fourth-order valence-electron chi connectivity index (χ4n) is 5.92. The molecule has 1 spiro atoms. The number of aryl methyl sites for hydroxylation is 2. The minimum Gasteiger partial charge on any atom is -0.507 e. The van der Waals surface area contributed by atoms with E-state index in [9.17, 15) is 24.3 Å². The van der Waals surface area contributed by atoms with Crippen LogP contribution in [-0.2, 0) is 28.4 Å². The number of aromatic nitrogens is 2. The zero-order valence-corrected chi connectivity index (χ0v) is 24.1. The van der Waals surface area contributed by atoms with Crippen LogP contribution in [0.3, 0.4) is 0 Å². The van der Waals surface area contributed by atoms with Gasteiger partial charge in [0.15, 0.2) is 17.3 Å². The number of hydrogen-bond donors (Lipinski definition) is 1. The fraction of sp³-hybridized carbons (Fsp3) is 0.379. The van der Waals surface area contributed by atoms with Crippen molar-refractivity contribution in [1.82, 2.24) is 9.13 Å². The molecule has 2 aliphatic rings. The summed E-state index contributed by atoms with van der Waals surface area (Å²) < 4.78 is 24.8. The molecule has 12 heteroatoms. The maximum atomic E-state index is 14.1. The second kappa shape index (κ2) is 9.99. The van der Waals surface area contributed by atoms with Crippen LogP contribution in [-0.4, -0.2) is 58.7 Å². The molecule has 0 bridgehead atoms. The van der Waals surface area contributed by atoms with Crippen LogP contribution in [0.25, 0.3) is 11.0 Å². The molecule has 216 valence electrons. The maximum Gasteiger partial charge on any atom is 0.328 e. The summed E-state index contributed by atoms with van der Waals surface area (Å²) in [5, 5.41) is 11.9. The zero-order chi connectivity index (χ0) is 30.0. The molecule has 0 saturated heterocycles. The second-order valence-electron chi connectivity index (χ2n) is 10.2. The Kier molecular flexibility index (Phi) is 6.89. The summed E-state index contributed by atoms with van der Waals surface area (Å²) in [6, 6.07) is 6.49. The van der Waals surface area contributed by atoms with Gasteiger partial charge in [0, 0.05) is 44.0 Å². The smallest absolute Gasteiger partial charge is 0.328 e. The average Bonchev–Trinajstić information content (AvgIpc) is 3.39. The molecule has 3 atom stereocenters. The van der Waals surface area contributed by atoms with Crippen LogP contribution in [0.2, 0.25) is 5.02 Å². The van der Waals surface area contributed by atoms with Crippen LogP contribution >= 0.6 is 11.6 Å². The number of halogens is 1. The maximum absolute atomic E-state index is 14.1. The standard InChI is InChI=1S/C29H29ClN2O9/c1-13-9-18(33)22(15(11-21(34)40-6)14-7-8-16-17(10-14)32(3)28(37)31(16)2)26(35)29(13)27(36)23-19(38-4)12-20(39-5)24(30)25(23)41-29/h7-8,10,12-13,15,35H,9,11H2,1-6H3. The highest BCUT2D eigenvalue weighted by atomic mass is 35.5. The predicted octanol–water partition coefficient (Wildman–Crippen LogP) is 3.63. The van der Waals surface area contributed by atoms with E-state index in [1.165, 1.54) is 36.5 Å². The first-order chi connectivity index (χ1) is 19.4. The lowest BCUT2D eigenvalue weighted by atomic mass is 9.69. The minimum absolute atomic E-state index is 0.00790. The normalized spacial score (nSPS) is 20.8. The summed E-state index contributed by atoms with van der Waals surface area (Å²) in [4.78, 5) is 52.9. The lowest BCUT2D eigenvalue weighted by molar-refractivity contribution is -0.140. The molecular weight excluding hydrogens is 556 g/mol. The van der Waals surface area contributed by atoms with E-state index in [0.29, 0.717) is 16.6 Å². The molecule has 1 aromatic heterocycles. The summed E-state index contributed by atoms with van der Waals surface area (Å²) in [5.74, 6) is -3.90. The van der Waals surface area contributed by atoms with Crippen LogP contribution < -0.4 is 19.9 Å². The van der Waals surface area contributed by atoms with Gasteiger partial charge in [-0.15, -0.1) is 0 Å². The van der Waals surface area contributed by atoms with Crippen LogP contribution in [0.4, 0.5) is 0 Å². The number of benzene rings is 2. The van der Waals surface area contributed by atoms with Gasteiger partial charge < -0.3 is 24.1 Å². The number of aliphatic hydroxyl groups is 1. The zero-order valence-electron chi connectivity index (χ0n) is 23.4. The number of nitrogens with zero attached hydrogens (tertiary/aromatic N) is 2. The fourth-order valence-corrected chi connectivity index (χ4v) is 6.18. The van der Waals surface area contributed by atoms with Crippen LogP contribution in [0, 0.1) is 5.92 Å². The quantitative estimate of drug-likeness (QED) is 0.431. The van der Waals surface area contributed by atoms with Crippen molar-refractivity contribution in [2.24, 2.45) is 20.0 Å². The molecule has 0 amide bonds. The first-order valence-corrected chi connectivity index (χ1v) is 13.2. The number of fused-ring (bicyclic) bond motifs is 2. The molecule has 1 N–H and O–H groups in total. The molecule has 5 rings (SSSR count). The van der Waals surface area contributed by atoms with Gasteiger partial charge in [-0.1, -0.05) is 24.6 Å². The molecular formula is C29H29ClN2O9. The monoisotopic (exact) mass is 584 g/mol. The van der Waals surface area contributed by atoms with Crippen molar-refractivity contribution in [1.29, 1.82) is 0 Å². The number of imidazole rings is 1. The van der Waals surface area contributed by atoms with E-state index in [0.717, 1.165) is 0 Å². The van der Waals surface area contributed by atoms with Crippen molar-refractivity contribution in [2.75, 3.05) is 21.3 Å². The van der Waals surface area contributed by atoms with Crippen molar-refractivity contribution < 1.29 is 38.4 Å². The Morgan fingerprint density at radius 2 is 1.76 bits per heavy atom. The molecule has 1 aliphatic carbocycles. The third kappa shape index (κ3) is 3.93. The van der Waals surface area contributed by atoms with E-state index in [1.54, 1.807) is 39.2 Å². The number of ketones is 2. The first kappa shape index (κ1) is 28.3. The van der Waals surface area contributed by atoms with E-state index >= 15 is 0 Å². The number of Topliss-reactive ketones (excluding diaryl/α,β-unsaturated/α-hetero) is 2. The minimum atomic E-state index is -2.01. The Bertz CT molecular complexity index is 1730. The molecule has 0 radical (unpaired) electrons. The Hall–Kier alpha value is -4.25. The Labute approximate surface area is 239 Å². The van der Waals surface area contributed by atoms with Crippen LogP contribution in [0.15, 0.2) is 40.4 Å². The van der Waals surface area contributed by atoms with Gasteiger partial charge in [-0.25, -0.2) is 4.79 Å². The van der Waals surface area contributed by atoms with Gasteiger partial charge in [0.05, 0.1) is 38.8 Å². The third-order valence-electron chi connectivity index (χ3n) is 8.16. The molecule has 3 unspecified atom stereocenters. The molecule has 2 heterocycles. The van der Waals surface area contributed by atoms with Crippen LogP contribution in [0.1, 0.15) is 41.6 Å². The highest BCUT2D eigenvalue weighted by Crippen LogP contribution is 2.55. The average molecular weight is 585 g/mol. The number of esters is 1. The van der Waals surface area contributed by atoms with E-state index in [1.807, 2.05) is 0 Å². The summed E-state index contributed by atoms with van der Waals surface area (Å²) in [5.41, 5.74) is -0.754. The predicted molar refractivity (Wildman–Crippen MR) is 148 cm³/mol. The number of methoxy groups -OCH3 is 3. The van der Waals surface area contributed by atoms with Gasteiger partial charge in [0.1, 0.15) is 22.1 Å². The van der Waals surface area contributed by atoms with Gasteiger partial charge in [-0.3, -0.25) is 23.5 Å². The van der Waals surface area contributed by atoms with Gasteiger partial charge in [0.25, 0.3) is 0 Å². The molecule has 41 heavy (non-hydrogen) atoms. The largest absolute Gasteiger partial charge is 0.507 e. The lowest BCUT2D eigenvalue weighted by Crippen LogP contribution is -2.53. The van der Waals surface area contributed by atoms with E-state index in [4.69, 9.17) is 30.5 Å². The number of ether oxygens (including phenoxy) is 4. The summed E-state index contributed by atoms with van der Waals surface area (Å²) in [6.45, 7) is 1.62. The highest BCUT2D eigenvalue weighted by Gasteiger charge is 2.61. The van der Waals surface area contributed by atoms with Gasteiger partial charge in [-0.2, -0.15) is 0 Å². The number of hydrogen-bond acceptors (Lipinski definition) is 9. The number of allylic oxidation sites excluding steroid dienone is 1. The molecule has 1 aliphatic heterocycles. The van der Waals surface area contributed by atoms with Gasteiger partial charge in [0.2, 0.25) is 11.4 Å². The van der Waals surface area contributed by atoms with Gasteiger partial charge in [-0.05, 0) is 17.7 Å². The van der Waals surface area contributed by atoms with E-state index < -0.39 is 40.7 Å². The van der Waals surface area contributed by atoms with Crippen LogP contribution in [0.5, 0.6) is 17.2 Å². The summed E-state index contributed by atoms with van der Waals surface area (Å²) >= 11 is 6.53. The molecule has 2 aromatic carbocycles. The SMILES string of the molecule is COC(=O)CC(C1=C(O)C2(Oc3c(Cl)c(OC)cc(OC)c3C2=O)C(C)CC1=O)c1ccc2c(c1)n(C)c(=O)n2C. The molecule has 3 aromatic rings. The lowest BCUT2D eigenvalue weighted by Gasteiger charge is -2.38. The number of carbonyl (C=O) groups is 3. The first-order valence-electron chi connectivity index (χ1n) is 12.8. The Balaban J connectivity index is 1.75. The Morgan fingerprint density at radius 3 is 2.39 bits per heavy atom. The van der Waals surface area contributed by atoms with Crippen molar-refractivity contribution in [2.45, 2.75) is 31.3 Å². The number of aliphatic hydroxyl groups excluding tert-OH is 1. The summed E-state index contributed by atoms with van der Waals surface area (Å²) in [7, 11) is 7.22. The van der Waals surface area contributed by atoms with Crippen molar-refractivity contribution in [3.63, 3.8) is 0 Å². The van der Waals surface area contributed by atoms with Gasteiger partial charge >= 0.3 is 11.7 Å². The highest BCUT2D eigenvalue weighted by molar-refractivity contribution is 6.35. The Morgan fingerprint density at radius 1 is 1.10 bits per heavy atom. The number of carbonyl (C=O) groups excluding carboxylic acids is 3. The van der Waals surface area contributed by atoms with E-state index in [2.05, 4.69) is 0 Å². The second-order valence-corrected chi connectivity index (χ2v) is 10.6. The van der Waals surface area contributed by atoms with Crippen molar-refractivity contribution in [3.05, 3.63) is 62.2 Å². The van der Waals surface area contributed by atoms with Crippen molar-refractivity contribution in [3.8, 4) is 17.2 Å². The molecule has 0 saturated carbocycles. The molecule has 0 fully saturated rings. The summed E-state index contributed by atoms with van der Waals surface area (Å²) in [6.07, 6.45) is -0.489. The number of rotatable bonds is 6. The van der Waals surface area contributed by atoms with E-state index in [-0.39, 0.29) is 51.9 Å².